The van der Waals surface area contributed by atoms with Crippen LogP contribution in [-0.2, 0) is 22.5 Å². The summed E-state index contributed by atoms with van der Waals surface area (Å²) in [5, 5.41) is 2.96. The first kappa shape index (κ1) is 16.1. The van der Waals surface area contributed by atoms with Crippen LogP contribution in [0.2, 0.25) is 0 Å². The van der Waals surface area contributed by atoms with E-state index in [2.05, 4.69) is 24.4 Å². The third kappa shape index (κ3) is 6.71. The van der Waals surface area contributed by atoms with Crippen molar-refractivity contribution < 1.29 is 9.53 Å². The first-order chi connectivity index (χ1) is 9.15. The van der Waals surface area contributed by atoms with Gasteiger partial charge >= 0.3 is 0 Å². The van der Waals surface area contributed by atoms with Gasteiger partial charge < -0.3 is 10.1 Å². The molecule has 1 amide bonds. The number of hydrogen-bond acceptors (Lipinski definition) is 4. The van der Waals surface area contributed by atoms with Crippen molar-refractivity contribution in [2.24, 2.45) is 0 Å². The van der Waals surface area contributed by atoms with Gasteiger partial charge in [0.1, 0.15) is 0 Å². The highest BCUT2D eigenvalue weighted by Crippen LogP contribution is 2.16. The quantitative estimate of drug-likeness (QED) is 0.704. The molecule has 5 heteroatoms. The largest absolute Gasteiger partial charge is 0.385 e. The molecule has 1 aromatic rings. The second kappa shape index (κ2) is 9.07. The van der Waals surface area contributed by atoms with Crippen LogP contribution in [0.3, 0.4) is 0 Å². The van der Waals surface area contributed by atoms with Gasteiger partial charge in [-0.1, -0.05) is 6.92 Å². The van der Waals surface area contributed by atoms with Crippen LogP contribution in [-0.4, -0.2) is 44.7 Å². The van der Waals surface area contributed by atoms with Crippen molar-refractivity contribution >= 4 is 17.2 Å². The zero-order chi connectivity index (χ0) is 14.1. The van der Waals surface area contributed by atoms with Crippen molar-refractivity contribution in [2.75, 3.05) is 33.9 Å². The summed E-state index contributed by atoms with van der Waals surface area (Å²) in [4.78, 5) is 16.3. The molecule has 0 bridgehead atoms. The fourth-order valence-electron chi connectivity index (χ4n) is 1.75. The Balaban J connectivity index is 2.20. The lowest BCUT2D eigenvalue weighted by atomic mass is 10.3. The SMILES string of the molecule is CCc1ccc(CNC(=O)CN(C)CCCOC)s1. The number of likely N-dealkylation sites (N-methyl/N-ethyl adjacent to an activating group) is 1. The average Bonchev–Trinajstić information content (AvgIpc) is 2.84. The highest BCUT2D eigenvalue weighted by molar-refractivity contribution is 7.11. The van der Waals surface area contributed by atoms with E-state index in [1.54, 1.807) is 18.4 Å². The van der Waals surface area contributed by atoms with Crippen molar-refractivity contribution in [3.63, 3.8) is 0 Å². The molecular weight excluding hydrogens is 260 g/mol. The third-order valence-electron chi connectivity index (χ3n) is 2.83. The van der Waals surface area contributed by atoms with Gasteiger partial charge in [-0.25, -0.2) is 0 Å². The van der Waals surface area contributed by atoms with Gasteiger partial charge in [0, 0.05) is 30.0 Å². The number of carbonyl (C=O) groups is 1. The Kier molecular flexibility index (Phi) is 7.70. The molecule has 1 rings (SSSR count). The summed E-state index contributed by atoms with van der Waals surface area (Å²) in [5.41, 5.74) is 0. The Hall–Kier alpha value is -0.910. The fraction of sp³-hybridized carbons (Fsp3) is 0.643. The lowest BCUT2D eigenvalue weighted by Crippen LogP contribution is -2.35. The first-order valence-electron chi connectivity index (χ1n) is 6.67. The molecule has 0 aliphatic carbocycles. The summed E-state index contributed by atoms with van der Waals surface area (Å²) in [6.45, 7) is 4.83. The Morgan fingerprint density at radius 2 is 2.16 bits per heavy atom. The molecule has 0 aliphatic rings. The van der Waals surface area contributed by atoms with Gasteiger partial charge in [0.25, 0.3) is 0 Å². The van der Waals surface area contributed by atoms with E-state index < -0.39 is 0 Å². The molecule has 0 saturated heterocycles. The molecule has 4 nitrogen and oxygen atoms in total. The van der Waals surface area contributed by atoms with Gasteiger partial charge in [-0.2, -0.15) is 0 Å². The summed E-state index contributed by atoms with van der Waals surface area (Å²) in [7, 11) is 3.65. The van der Waals surface area contributed by atoms with E-state index in [-0.39, 0.29) is 5.91 Å². The maximum Gasteiger partial charge on any atom is 0.234 e. The summed E-state index contributed by atoms with van der Waals surface area (Å²) >= 11 is 1.77. The highest BCUT2D eigenvalue weighted by Gasteiger charge is 2.06. The molecule has 108 valence electrons. The molecule has 0 radical (unpaired) electrons. The third-order valence-corrected chi connectivity index (χ3v) is 4.06. The number of amides is 1. The molecule has 0 unspecified atom stereocenters. The van der Waals surface area contributed by atoms with Gasteiger partial charge in [-0.3, -0.25) is 9.69 Å². The zero-order valence-electron chi connectivity index (χ0n) is 12.1. The Morgan fingerprint density at radius 1 is 1.42 bits per heavy atom. The number of aryl methyl sites for hydroxylation is 1. The van der Waals surface area contributed by atoms with Crippen molar-refractivity contribution in [1.82, 2.24) is 10.2 Å². The summed E-state index contributed by atoms with van der Waals surface area (Å²) in [5.74, 6) is 0.0753. The minimum atomic E-state index is 0.0753. The number of methoxy groups -OCH3 is 1. The Morgan fingerprint density at radius 3 is 2.79 bits per heavy atom. The average molecular weight is 284 g/mol. The molecule has 0 saturated carbocycles. The maximum atomic E-state index is 11.8. The molecule has 0 atom stereocenters. The van der Waals surface area contributed by atoms with Crippen LogP contribution >= 0.6 is 11.3 Å². The van der Waals surface area contributed by atoms with Crippen LogP contribution in [0.15, 0.2) is 12.1 Å². The van der Waals surface area contributed by atoms with Crippen molar-refractivity contribution in [3.8, 4) is 0 Å². The number of thiophene rings is 1. The molecule has 0 aliphatic heterocycles. The summed E-state index contributed by atoms with van der Waals surface area (Å²) < 4.78 is 4.99. The van der Waals surface area contributed by atoms with Crippen molar-refractivity contribution in [3.05, 3.63) is 21.9 Å². The van der Waals surface area contributed by atoms with Gasteiger partial charge in [-0.05, 0) is 32.0 Å². The number of hydrogen-bond donors (Lipinski definition) is 1. The molecule has 1 heterocycles. The number of rotatable bonds is 9. The van der Waals surface area contributed by atoms with Crippen LogP contribution in [0.5, 0.6) is 0 Å². The lowest BCUT2D eigenvalue weighted by Gasteiger charge is -2.15. The highest BCUT2D eigenvalue weighted by atomic mass is 32.1. The molecule has 0 spiro atoms. The van der Waals surface area contributed by atoms with E-state index >= 15 is 0 Å². The second-order valence-corrected chi connectivity index (χ2v) is 5.84. The number of ether oxygens (including phenoxy) is 1. The minimum absolute atomic E-state index is 0.0753. The van der Waals surface area contributed by atoms with Gasteiger partial charge in [0.15, 0.2) is 0 Å². The zero-order valence-corrected chi connectivity index (χ0v) is 12.9. The van der Waals surface area contributed by atoms with E-state index in [9.17, 15) is 4.79 Å². The van der Waals surface area contributed by atoms with Gasteiger partial charge in [-0.15, -0.1) is 11.3 Å². The van der Waals surface area contributed by atoms with Crippen molar-refractivity contribution in [2.45, 2.75) is 26.3 Å². The first-order valence-corrected chi connectivity index (χ1v) is 7.49. The van der Waals surface area contributed by atoms with E-state index in [4.69, 9.17) is 4.74 Å². The monoisotopic (exact) mass is 284 g/mol. The molecular formula is C14H24N2O2S. The van der Waals surface area contributed by atoms with E-state index in [1.807, 2.05) is 11.9 Å². The Labute approximate surface area is 119 Å². The molecule has 19 heavy (non-hydrogen) atoms. The van der Waals surface area contributed by atoms with E-state index in [0.29, 0.717) is 13.1 Å². The predicted molar refractivity (Wildman–Crippen MR) is 79.5 cm³/mol. The molecule has 0 aromatic carbocycles. The van der Waals surface area contributed by atoms with Gasteiger partial charge in [0.05, 0.1) is 13.1 Å². The van der Waals surface area contributed by atoms with Crippen LogP contribution in [0.25, 0.3) is 0 Å². The number of nitrogens with zero attached hydrogens (tertiary/aromatic N) is 1. The summed E-state index contributed by atoms with van der Waals surface area (Å²) in [6, 6.07) is 4.22. The minimum Gasteiger partial charge on any atom is -0.385 e. The van der Waals surface area contributed by atoms with Crippen LogP contribution in [0, 0.1) is 0 Å². The smallest absolute Gasteiger partial charge is 0.234 e. The second-order valence-electron chi connectivity index (χ2n) is 4.58. The Bertz CT molecular complexity index is 379. The summed E-state index contributed by atoms with van der Waals surface area (Å²) in [6.07, 6.45) is 2.01. The van der Waals surface area contributed by atoms with Crippen molar-refractivity contribution in [1.29, 1.82) is 0 Å². The molecule has 1 aromatic heterocycles. The predicted octanol–water partition coefficient (Wildman–Crippen LogP) is 1.89. The van der Waals surface area contributed by atoms with Gasteiger partial charge in [0.2, 0.25) is 5.91 Å². The fourth-order valence-corrected chi connectivity index (χ4v) is 2.65. The standard InChI is InChI=1S/C14H24N2O2S/c1-4-12-6-7-13(19-12)10-15-14(17)11-16(2)8-5-9-18-3/h6-7H,4-5,8-11H2,1-3H3,(H,15,17). The van der Waals surface area contributed by atoms with Crippen LogP contribution < -0.4 is 5.32 Å². The molecule has 0 fully saturated rings. The van der Waals surface area contributed by atoms with Crippen LogP contribution in [0.1, 0.15) is 23.1 Å². The van der Waals surface area contributed by atoms with Crippen LogP contribution in [0.4, 0.5) is 0 Å². The topological polar surface area (TPSA) is 41.6 Å². The number of carbonyl (C=O) groups excluding carboxylic acids is 1. The molecule has 1 N–H and O–H groups in total. The maximum absolute atomic E-state index is 11.8. The lowest BCUT2D eigenvalue weighted by molar-refractivity contribution is -0.122. The van der Waals surface area contributed by atoms with E-state index in [1.165, 1.54) is 9.75 Å². The van der Waals surface area contributed by atoms with E-state index in [0.717, 1.165) is 26.0 Å². The number of nitrogens with one attached hydrogen (secondary N) is 1. The normalized spacial score (nSPS) is 10.9.